The molecule has 0 aliphatic heterocycles. The predicted octanol–water partition coefficient (Wildman–Crippen LogP) is 4.90. The predicted molar refractivity (Wildman–Crippen MR) is 114 cm³/mol. The summed E-state index contributed by atoms with van der Waals surface area (Å²) in [7, 11) is 0. The van der Waals surface area contributed by atoms with Crippen molar-refractivity contribution in [1.82, 2.24) is 5.32 Å². The van der Waals surface area contributed by atoms with E-state index in [4.69, 9.17) is 12.2 Å². The Bertz CT molecular complexity index is 904. The first-order valence-corrected chi connectivity index (χ1v) is 10.2. The molecule has 1 atom stereocenters. The maximum atomic E-state index is 12.2. The number of amides is 1. The lowest BCUT2D eigenvalue weighted by Gasteiger charge is -2.33. The molecule has 2 aromatic rings. The number of benzene rings is 1. The second-order valence-electron chi connectivity index (χ2n) is 7.90. The lowest BCUT2D eigenvalue weighted by molar-refractivity contribution is 0.0977. The molecule has 0 unspecified atom stereocenters. The number of carbonyl (C=O) groups is 1. The van der Waals surface area contributed by atoms with Crippen molar-refractivity contribution in [2.24, 2.45) is 11.3 Å². The highest BCUT2D eigenvalue weighted by atomic mass is 32.1. The zero-order chi connectivity index (χ0) is 19.6. The summed E-state index contributed by atoms with van der Waals surface area (Å²) in [5.41, 5.74) is 2.60. The van der Waals surface area contributed by atoms with Crippen molar-refractivity contribution >= 4 is 39.6 Å². The van der Waals surface area contributed by atoms with Crippen molar-refractivity contribution in [3.8, 4) is 6.07 Å². The molecule has 1 aromatic heterocycles. The molecule has 1 aliphatic carbocycles. The quantitative estimate of drug-likeness (QED) is 0.708. The molecule has 140 valence electrons. The van der Waals surface area contributed by atoms with E-state index in [1.807, 2.05) is 6.07 Å². The number of rotatable bonds is 2. The number of nitriles is 1. The van der Waals surface area contributed by atoms with Crippen LogP contribution in [0.4, 0.5) is 5.00 Å². The summed E-state index contributed by atoms with van der Waals surface area (Å²) in [6, 6.07) is 11.2. The van der Waals surface area contributed by atoms with Gasteiger partial charge in [0.05, 0.1) is 5.56 Å². The molecule has 3 rings (SSSR count). The van der Waals surface area contributed by atoms with Gasteiger partial charge in [-0.25, -0.2) is 0 Å². The molecule has 1 heterocycles. The first-order valence-electron chi connectivity index (χ1n) is 9.01. The molecule has 0 saturated carbocycles. The Balaban J connectivity index is 1.74. The summed E-state index contributed by atoms with van der Waals surface area (Å²) in [4.78, 5) is 13.5. The number of fused-ring (bicyclic) bond motifs is 1. The summed E-state index contributed by atoms with van der Waals surface area (Å²) < 4.78 is 0. The third-order valence-corrected chi connectivity index (χ3v) is 6.47. The van der Waals surface area contributed by atoms with Crippen molar-refractivity contribution in [2.75, 3.05) is 5.32 Å². The first-order chi connectivity index (χ1) is 12.8. The number of nitrogens with one attached hydrogen (secondary N) is 2. The number of thiocarbonyl (C=S) groups is 1. The Hall–Kier alpha value is -2.23. The van der Waals surface area contributed by atoms with Crippen molar-refractivity contribution in [3.63, 3.8) is 0 Å². The van der Waals surface area contributed by atoms with E-state index in [9.17, 15) is 10.1 Å². The highest BCUT2D eigenvalue weighted by Crippen LogP contribution is 2.43. The lowest BCUT2D eigenvalue weighted by Crippen LogP contribution is -2.34. The van der Waals surface area contributed by atoms with E-state index in [-0.39, 0.29) is 16.4 Å². The normalized spacial score (nSPS) is 16.1. The number of thiophene rings is 1. The highest BCUT2D eigenvalue weighted by Gasteiger charge is 2.32. The molecule has 0 bridgehead atoms. The van der Waals surface area contributed by atoms with Crippen LogP contribution in [0.5, 0.6) is 0 Å². The molecule has 1 aliphatic rings. The molecule has 0 fully saturated rings. The van der Waals surface area contributed by atoms with Crippen molar-refractivity contribution in [1.29, 1.82) is 5.26 Å². The monoisotopic (exact) mass is 397 g/mol. The van der Waals surface area contributed by atoms with Gasteiger partial charge >= 0.3 is 0 Å². The van der Waals surface area contributed by atoms with Gasteiger partial charge < -0.3 is 5.32 Å². The molecule has 1 amide bonds. The fourth-order valence-electron chi connectivity index (χ4n) is 3.43. The maximum Gasteiger partial charge on any atom is 0.257 e. The SMILES string of the molecule is CC(C)(C)[C@@H]1CCc2c(sc(NC(=S)NC(=O)c3ccccc3)c2C#N)C1. The molecule has 27 heavy (non-hydrogen) atoms. The Morgan fingerprint density at radius 2 is 2.00 bits per heavy atom. The summed E-state index contributed by atoms with van der Waals surface area (Å²) in [6.45, 7) is 6.82. The van der Waals surface area contributed by atoms with Crippen LogP contribution in [0.25, 0.3) is 0 Å². The van der Waals surface area contributed by atoms with Crippen molar-refractivity contribution < 1.29 is 4.79 Å². The number of carbonyl (C=O) groups excluding carboxylic acids is 1. The average Bonchev–Trinajstić information content (AvgIpc) is 2.97. The Morgan fingerprint density at radius 3 is 2.63 bits per heavy atom. The largest absolute Gasteiger partial charge is 0.323 e. The fourth-order valence-corrected chi connectivity index (χ4v) is 4.97. The minimum Gasteiger partial charge on any atom is -0.323 e. The minimum atomic E-state index is -0.263. The first kappa shape index (κ1) is 19.5. The topological polar surface area (TPSA) is 64.9 Å². The number of hydrogen-bond donors (Lipinski definition) is 2. The van der Waals surface area contributed by atoms with Crippen LogP contribution in [0.2, 0.25) is 0 Å². The van der Waals surface area contributed by atoms with E-state index >= 15 is 0 Å². The van der Waals surface area contributed by atoms with Crippen LogP contribution < -0.4 is 10.6 Å². The second kappa shape index (κ2) is 7.79. The second-order valence-corrected chi connectivity index (χ2v) is 9.41. The van der Waals surface area contributed by atoms with Crippen LogP contribution in [-0.4, -0.2) is 11.0 Å². The number of hydrogen-bond acceptors (Lipinski definition) is 4. The van der Waals surface area contributed by atoms with Gasteiger partial charge in [-0.2, -0.15) is 5.26 Å². The molecule has 0 saturated heterocycles. The van der Waals surface area contributed by atoms with Gasteiger partial charge in [0.2, 0.25) is 0 Å². The molecule has 0 spiro atoms. The van der Waals surface area contributed by atoms with Gasteiger partial charge in [-0.3, -0.25) is 10.1 Å². The van der Waals surface area contributed by atoms with E-state index in [2.05, 4.69) is 37.5 Å². The Labute approximate surface area is 169 Å². The van der Waals surface area contributed by atoms with Gasteiger partial charge in [-0.1, -0.05) is 39.0 Å². The van der Waals surface area contributed by atoms with Crippen LogP contribution in [0.15, 0.2) is 30.3 Å². The van der Waals surface area contributed by atoms with Crippen molar-refractivity contribution in [2.45, 2.75) is 40.0 Å². The van der Waals surface area contributed by atoms with Gasteiger partial charge in [-0.15, -0.1) is 11.3 Å². The number of anilines is 1. The fraction of sp³-hybridized carbons (Fsp3) is 0.381. The molecule has 1 aromatic carbocycles. The molecular weight excluding hydrogens is 374 g/mol. The summed E-state index contributed by atoms with van der Waals surface area (Å²) in [6.07, 6.45) is 3.00. The standard InChI is InChI=1S/C21H23N3OS2/c1-21(2,3)14-9-10-15-16(12-22)19(27-17(15)11-14)24-20(26)23-18(25)13-7-5-4-6-8-13/h4-8,14H,9-11H2,1-3H3,(H2,23,24,25,26)/t14-/m1/s1. The van der Waals surface area contributed by atoms with Gasteiger partial charge in [0.25, 0.3) is 5.91 Å². The van der Waals surface area contributed by atoms with E-state index in [1.165, 1.54) is 4.88 Å². The van der Waals surface area contributed by atoms with Crippen LogP contribution in [0, 0.1) is 22.7 Å². The van der Waals surface area contributed by atoms with E-state index < -0.39 is 0 Å². The third-order valence-electron chi connectivity index (χ3n) is 5.09. The van der Waals surface area contributed by atoms with Gasteiger partial charge in [-0.05, 0) is 60.5 Å². The molecule has 2 N–H and O–H groups in total. The Morgan fingerprint density at radius 1 is 1.30 bits per heavy atom. The van der Waals surface area contributed by atoms with Crippen LogP contribution in [0.3, 0.4) is 0 Å². The smallest absolute Gasteiger partial charge is 0.257 e. The Kier molecular flexibility index (Phi) is 5.64. The maximum absolute atomic E-state index is 12.2. The van der Waals surface area contributed by atoms with Crippen LogP contribution >= 0.6 is 23.6 Å². The molecule has 6 heteroatoms. The van der Waals surface area contributed by atoms with Crippen LogP contribution in [0.1, 0.15) is 53.6 Å². The van der Waals surface area contributed by atoms with Crippen molar-refractivity contribution in [3.05, 3.63) is 51.9 Å². The lowest BCUT2D eigenvalue weighted by atomic mass is 9.72. The average molecular weight is 398 g/mol. The number of nitrogens with zero attached hydrogens (tertiary/aromatic N) is 1. The molecule has 0 radical (unpaired) electrons. The summed E-state index contributed by atoms with van der Waals surface area (Å²) in [5, 5.41) is 16.4. The summed E-state index contributed by atoms with van der Waals surface area (Å²) in [5.74, 6) is 0.341. The van der Waals surface area contributed by atoms with E-state index in [0.29, 0.717) is 17.0 Å². The van der Waals surface area contributed by atoms with Gasteiger partial charge in [0.15, 0.2) is 5.11 Å². The van der Waals surface area contributed by atoms with E-state index in [1.54, 1.807) is 35.6 Å². The molecular formula is C21H23N3OS2. The summed E-state index contributed by atoms with van der Waals surface area (Å²) >= 11 is 6.88. The minimum absolute atomic E-state index is 0.214. The van der Waals surface area contributed by atoms with Gasteiger partial charge in [0.1, 0.15) is 11.1 Å². The zero-order valence-corrected chi connectivity index (χ0v) is 17.4. The zero-order valence-electron chi connectivity index (χ0n) is 15.8. The van der Waals surface area contributed by atoms with Gasteiger partial charge in [0, 0.05) is 10.4 Å². The van der Waals surface area contributed by atoms with Crippen LogP contribution in [-0.2, 0) is 12.8 Å². The highest BCUT2D eigenvalue weighted by molar-refractivity contribution is 7.80. The molecule has 4 nitrogen and oxygen atoms in total. The van der Waals surface area contributed by atoms with E-state index in [0.717, 1.165) is 29.8 Å². The third kappa shape index (κ3) is 4.37.